The Balaban J connectivity index is 2.45. The van der Waals surface area contributed by atoms with Crippen LogP contribution in [0.5, 0.6) is 0 Å². The predicted octanol–water partition coefficient (Wildman–Crippen LogP) is 0.478. The lowest BCUT2D eigenvalue weighted by Gasteiger charge is -2.35. The first kappa shape index (κ1) is 14.7. The van der Waals surface area contributed by atoms with Crippen molar-refractivity contribution in [2.45, 2.75) is 25.8 Å². The van der Waals surface area contributed by atoms with Gasteiger partial charge in [-0.2, -0.15) is 5.10 Å². The molecule has 1 unspecified atom stereocenters. The number of anilines is 1. The molecule has 0 aromatic carbocycles. The number of nitro groups is 1. The summed E-state index contributed by atoms with van der Waals surface area (Å²) in [5.74, 6) is 0.459. The number of rotatable bonds is 5. The zero-order valence-corrected chi connectivity index (χ0v) is 11.8. The van der Waals surface area contributed by atoms with Crippen molar-refractivity contribution in [2.75, 3.05) is 31.3 Å². The summed E-state index contributed by atoms with van der Waals surface area (Å²) in [6.45, 7) is 3.22. The normalized spacial score (nSPS) is 19.4. The second-order valence-electron chi connectivity index (χ2n) is 4.85. The van der Waals surface area contributed by atoms with Crippen LogP contribution < -0.4 is 4.90 Å². The highest BCUT2D eigenvalue weighted by Crippen LogP contribution is 2.34. The molecule has 8 heteroatoms. The van der Waals surface area contributed by atoms with E-state index in [0.717, 1.165) is 6.42 Å². The first-order valence-corrected chi connectivity index (χ1v) is 6.75. The predicted molar refractivity (Wildman–Crippen MR) is 72.9 cm³/mol. The molecule has 1 aromatic rings. The van der Waals surface area contributed by atoms with Crippen LogP contribution in [0, 0.1) is 10.1 Å². The van der Waals surface area contributed by atoms with Crippen LogP contribution in [0.25, 0.3) is 0 Å². The molecule has 2 rings (SSSR count). The number of morpholine rings is 1. The molecule has 0 amide bonds. The number of aliphatic hydroxyl groups is 1. The average Bonchev–Trinajstić information content (AvgIpc) is 2.75. The largest absolute Gasteiger partial charge is 0.394 e. The van der Waals surface area contributed by atoms with Crippen LogP contribution in [0.4, 0.5) is 11.5 Å². The van der Waals surface area contributed by atoms with Gasteiger partial charge >= 0.3 is 5.69 Å². The van der Waals surface area contributed by atoms with Crippen molar-refractivity contribution in [1.29, 1.82) is 0 Å². The fourth-order valence-electron chi connectivity index (χ4n) is 2.56. The molecular weight excluding hydrogens is 264 g/mol. The van der Waals surface area contributed by atoms with E-state index in [4.69, 9.17) is 4.74 Å². The standard InChI is InChI=1S/C12H20N4O4/c1-3-4-10-11(16(18)19)12(14(2)13-10)15-5-6-20-8-9(15)7-17/h9,17H,3-8H2,1-2H3. The van der Waals surface area contributed by atoms with Gasteiger partial charge in [-0.25, -0.2) is 4.68 Å². The number of ether oxygens (including phenoxy) is 1. The Morgan fingerprint density at radius 1 is 1.60 bits per heavy atom. The smallest absolute Gasteiger partial charge is 0.334 e. The van der Waals surface area contributed by atoms with Gasteiger partial charge in [0.2, 0.25) is 5.82 Å². The van der Waals surface area contributed by atoms with Crippen LogP contribution in [0.2, 0.25) is 0 Å². The minimum atomic E-state index is -0.378. The van der Waals surface area contributed by atoms with Crippen LogP contribution in [0.1, 0.15) is 19.0 Å². The molecular formula is C12H20N4O4. The molecule has 1 aliphatic heterocycles. The Morgan fingerprint density at radius 2 is 2.35 bits per heavy atom. The first-order valence-electron chi connectivity index (χ1n) is 6.75. The van der Waals surface area contributed by atoms with Gasteiger partial charge in [-0.05, 0) is 6.42 Å². The van der Waals surface area contributed by atoms with E-state index in [0.29, 0.717) is 37.7 Å². The Hall–Kier alpha value is -1.67. The van der Waals surface area contributed by atoms with Crippen molar-refractivity contribution in [3.8, 4) is 0 Å². The van der Waals surface area contributed by atoms with Crippen LogP contribution in [-0.4, -0.2) is 52.2 Å². The van der Waals surface area contributed by atoms with Crippen molar-refractivity contribution in [1.82, 2.24) is 9.78 Å². The molecule has 0 spiro atoms. The van der Waals surface area contributed by atoms with Crippen molar-refractivity contribution < 1.29 is 14.8 Å². The fourth-order valence-corrected chi connectivity index (χ4v) is 2.56. The highest BCUT2D eigenvalue weighted by molar-refractivity contribution is 5.62. The summed E-state index contributed by atoms with van der Waals surface area (Å²) in [6, 6.07) is -0.271. The number of nitrogens with zero attached hydrogens (tertiary/aromatic N) is 4. The van der Waals surface area contributed by atoms with Crippen LogP contribution in [0.3, 0.4) is 0 Å². The Labute approximate surface area is 117 Å². The molecule has 1 atom stereocenters. The third kappa shape index (κ3) is 2.61. The minimum Gasteiger partial charge on any atom is -0.394 e. The summed E-state index contributed by atoms with van der Waals surface area (Å²) in [5.41, 5.74) is 0.549. The van der Waals surface area contributed by atoms with Gasteiger partial charge in [-0.15, -0.1) is 0 Å². The van der Waals surface area contributed by atoms with Crippen molar-refractivity contribution >= 4 is 11.5 Å². The summed E-state index contributed by atoms with van der Waals surface area (Å²) in [7, 11) is 1.70. The van der Waals surface area contributed by atoms with Gasteiger partial charge in [-0.1, -0.05) is 13.3 Å². The number of aliphatic hydroxyl groups excluding tert-OH is 1. The Kier molecular flexibility index (Phi) is 4.56. The fraction of sp³-hybridized carbons (Fsp3) is 0.750. The molecule has 1 fully saturated rings. The molecule has 112 valence electrons. The Bertz CT molecular complexity index is 488. The summed E-state index contributed by atoms with van der Waals surface area (Å²) < 4.78 is 6.86. The minimum absolute atomic E-state index is 0.0506. The van der Waals surface area contributed by atoms with Gasteiger partial charge in [0.15, 0.2) is 0 Å². The molecule has 1 aromatic heterocycles. The zero-order valence-electron chi connectivity index (χ0n) is 11.8. The van der Waals surface area contributed by atoms with E-state index in [2.05, 4.69) is 5.10 Å². The molecule has 2 heterocycles. The van der Waals surface area contributed by atoms with Crippen molar-refractivity contribution in [2.24, 2.45) is 7.05 Å². The van der Waals surface area contributed by atoms with E-state index in [9.17, 15) is 15.2 Å². The second-order valence-corrected chi connectivity index (χ2v) is 4.85. The molecule has 1 saturated heterocycles. The molecule has 0 saturated carbocycles. The Morgan fingerprint density at radius 3 is 2.95 bits per heavy atom. The maximum Gasteiger partial charge on any atom is 0.334 e. The van der Waals surface area contributed by atoms with E-state index in [1.54, 1.807) is 7.05 Å². The van der Waals surface area contributed by atoms with Crippen molar-refractivity contribution in [3.63, 3.8) is 0 Å². The lowest BCUT2D eigenvalue weighted by atomic mass is 10.2. The molecule has 20 heavy (non-hydrogen) atoms. The van der Waals surface area contributed by atoms with E-state index in [-0.39, 0.29) is 23.3 Å². The van der Waals surface area contributed by atoms with Gasteiger partial charge in [0, 0.05) is 13.6 Å². The maximum absolute atomic E-state index is 11.4. The first-order chi connectivity index (χ1) is 9.60. The van der Waals surface area contributed by atoms with Crippen LogP contribution in [-0.2, 0) is 18.2 Å². The van der Waals surface area contributed by atoms with Gasteiger partial charge < -0.3 is 14.7 Å². The zero-order chi connectivity index (χ0) is 14.7. The molecule has 0 bridgehead atoms. The summed E-state index contributed by atoms with van der Waals surface area (Å²) in [4.78, 5) is 12.8. The molecule has 8 nitrogen and oxygen atoms in total. The highest BCUT2D eigenvalue weighted by atomic mass is 16.6. The monoisotopic (exact) mass is 284 g/mol. The van der Waals surface area contributed by atoms with Crippen molar-refractivity contribution in [3.05, 3.63) is 15.8 Å². The van der Waals surface area contributed by atoms with Gasteiger partial charge in [-0.3, -0.25) is 10.1 Å². The number of hydrogen-bond donors (Lipinski definition) is 1. The third-order valence-electron chi connectivity index (χ3n) is 3.44. The third-order valence-corrected chi connectivity index (χ3v) is 3.44. The number of aromatic nitrogens is 2. The second kappa shape index (κ2) is 6.19. The van der Waals surface area contributed by atoms with Crippen LogP contribution >= 0.6 is 0 Å². The topological polar surface area (TPSA) is 93.7 Å². The number of hydrogen-bond acceptors (Lipinski definition) is 6. The molecule has 0 aliphatic carbocycles. The maximum atomic E-state index is 11.4. The van der Waals surface area contributed by atoms with E-state index >= 15 is 0 Å². The lowest BCUT2D eigenvalue weighted by Crippen LogP contribution is -2.48. The molecule has 1 N–H and O–H groups in total. The number of aryl methyl sites for hydroxylation is 2. The van der Waals surface area contributed by atoms with Gasteiger partial charge in [0.25, 0.3) is 0 Å². The summed E-state index contributed by atoms with van der Waals surface area (Å²) in [6.07, 6.45) is 1.36. The molecule has 0 radical (unpaired) electrons. The quantitative estimate of drug-likeness (QED) is 0.624. The van der Waals surface area contributed by atoms with E-state index in [1.807, 2.05) is 11.8 Å². The van der Waals surface area contributed by atoms with Crippen LogP contribution in [0.15, 0.2) is 0 Å². The lowest BCUT2D eigenvalue weighted by molar-refractivity contribution is -0.384. The van der Waals surface area contributed by atoms with E-state index in [1.165, 1.54) is 4.68 Å². The average molecular weight is 284 g/mol. The van der Waals surface area contributed by atoms with Gasteiger partial charge in [0.1, 0.15) is 5.69 Å². The SMILES string of the molecule is CCCc1nn(C)c(N2CCOCC2CO)c1[N+](=O)[O-]. The summed E-state index contributed by atoms with van der Waals surface area (Å²) in [5, 5.41) is 25.1. The molecule has 1 aliphatic rings. The van der Waals surface area contributed by atoms with Gasteiger partial charge in [0.05, 0.1) is 30.8 Å². The summed E-state index contributed by atoms with van der Waals surface area (Å²) >= 11 is 0. The highest BCUT2D eigenvalue weighted by Gasteiger charge is 2.34. The van der Waals surface area contributed by atoms with E-state index < -0.39 is 0 Å².